The van der Waals surface area contributed by atoms with Crippen molar-refractivity contribution in [3.8, 4) is 0 Å². The minimum Gasteiger partial charge on any atom is -0.310 e. The van der Waals surface area contributed by atoms with Crippen molar-refractivity contribution in [3.05, 3.63) is 70.3 Å². The first-order chi connectivity index (χ1) is 10.1. The fraction of sp³-hybridized carbons (Fsp3) is 0.400. The molecule has 112 valence electrons. The lowest BCUT2D eigenvalue weighted by atomic mass is 9.95. The zero-order chi connectivity index (χ0) is 15.2. The molecule has 0 radical (unpaired) electrons. The van der Waals surface area contributed by atoms with Crippen molar-refractivity contribution in [2.75, 3.05) is 6.54 Å². The van der Waals surface area contributed by atoms with Crippen molar-refractivity contribution in [1.29, 1.82) is 0 Å². The minimum atomic E-state index is 0.392. The number of hydrogen-bond acceptors (Lipinski definition) is 1. The Labute approximate surface area is 129 Å². The lowest BCUT2D eigenvalue weighted by molar-refractivity contribution is 0.549. The van der Waals surface area contributed by atoms with Crippen LogP contribution in [0.5, 0.6) is 0 Å². The molecule has 0 aliphatic rings. The maximum Gasteiger partial charge on any atom is 0.0360 e. The van der Waals surface area contributed by atoms with Crippen LogP contribution in [-0.2, 0) is 12.8 Å². The van der Waals surface area contributed by atoms with Gasteiger partial charge in [-0.2, -0.15) is 0 Å². The highest BCUT2D eigenvalue weighted by molar-refractivity contribution is 5.32. The molecular weight excluding hydrogens is 254 g/mol. The van der Waals surface area contributed by atoms with E-state index in [0.717, 1.165) is 19.4 Å². The van der Waals surface area contributed by atoms with Crippen LogP contribution in [0, 0.1) is 13.8 Å². The van der Waals surface area contributed by atoms with E-state index in [1.807, 2.05) is 0 Å². The topological polar surface area (TPSA) is 12.0 Å². The van der Waals surface area contributed by atoms with Gasteiger partial charge in [0, 0.05) is 6.04 Å². The van der Waals surface area contributed by atoms with Crippen LogP contribution in [0.15, 0.2) is 42.5 Å². The summed E-state index contributed by atoms with van der Waals surface area (Å²) in [5.41, 5.74) is 6.94. The normalized spacial score (nSPS) is 12.4. The second-order valence-electron chi connectivity index (χ2n) is 5.83. The Hall–Kier alpha value is -1.60. The van der Waals surface area contributed by atoms with Crippen LogP contribution in [0.1, 0.15) is 47.7 Å². The first kappa shape index (κ1) is 15.8. The van der Waals surface area contributed by atoms with Crippen LogP contribution >= 0.6 is 0 Å². The highest BCUT2D eigenvalue weighted by atomic mass is 14.9. The molecule has 1 N–H and O–H groups in total. The van der Waals surface area contributed by atoms with Gasteiger partial charge in [0.25, 0.3) is 0 Å². The molecule has 0 bridgehead atoms. The maximum atomic E-state index is 3.62. The van der Waals surface area contributed by atoms with E-state index in [1.165, 1.54) is 27.8 Å². The summed E-state index contributed by atoms with van der Waals surface area (Å²) in [4.78, 5) is 0. The highest BCUT2D eigenvalue weighted by Crippen LogP contribution is 2.21. The quantitative estimate of drug-likeness (QED) is 0.805. The third-order valence-corrected chi connectivity index (χ3v) is 4.25. The largest absolute Gasteiger partial charge is 0.310 e. The summed E-state index contributed by atoms with van der Waals surface area (Å²) in [6, 6.07) is 16.2. The smallest absolute Gasteiger partial charge is 0.0360 e. The average molecular weight is 281 g/mol. The van der Waals surface area contributed by atoms with Gasteiger partial charge in [-0.05, 0) is 61.1 Å². The lowest BCUT2D eigenvalue weighted by Crippen LogP contribution is -2.23. The molecule has 2 aromatic carbocycles. The Balaban J connectivity index is 2.19. The van der Waals surface area contributed by atoms with Gasteiger partial charge in [-0.15, -0.1) is 0 Å². The van der Waals surface area contributed by atoms with Crippen LogP contribution < -0.4 is 5.32 Å². The van der Waals surface area contributed by atoms with Crippen LogP contribution in [0.4, 0.5) is 0 Å². The third-order valence-electron chi connectivity index (χ3n) is 4.25. The average Bonchev–Trinajstić information content (AvgIpc) is 2.50. The molecule has 0 aliphatic carbocycles. The molecule has 0 saturated heterocycles. The molecule has 0 spiro atoms. The number of aryl methyl sites for hydroxylation is 3. The zero-order valence-corrected chi connectivity index (χ0v) is 13.7. The van der Waals surface area contributed by atoms with Gasteiger partial charge in [0.15, 0.2) is 0 Å². The summed E-state index contributed by atoms with van der Waals surface area (Å²) >= 11 is 0. The Kier molecular flexibility index (Phi) is 5.58. The van der Waals surface area contributed by atoms with Gasteiger partial charge < -0.3 is 5.32 Å². The van der Waals surface area contributed by atoms with E-state index in [9.17, 15) is 0 Å². The molecule has 0 amide bonds. The van der Waals surface area contributed by atoms with E-state index < -0.39 is 0 Å². The monoisotopic (exact) mass is 281 g/mol. The maximum absolute atomic E-state index is 3.62. The molecule has 2 aromatic rings. The molecule has 0 fully saturated rings. The van der Waals surface area contributed by atoms with Gasteiger partial charge in [-0.1, -0.05) is 56.3 Å². The number of rotatable bonds is 6. The molecule has 0 aromatic heterocycles. The van der Waals surface area contributed by atoms with E-state index >= 15 is 0 Å². The first-order valence-electron chi connectivity index (χ1n) is 8.02. The van der Waals surface area contributed by atoms with Gasteiger partial charge in [0.05, 0.1) is 0 Å². The molecular formula is C20H27N. The molecule has 0 saturated carbocycles. The first-order valence-corrected chi connectivity index (χ1v) is 8.02. The van der Waals surface area contributed by atoms with Crippen LogP contribution in [0.3, 0.4) is 0 Å². The van der Waals surface area contributed by atoms with Gasteiger partial charge in [-0.25, -0.2) is 0 Å². The van der Waals surface area contributed by atoms with E-state index in [-0.39, 0.29) is 0 Å². The van der Waals surface area contributed by atoms with Crippen LogP contribution in [0.25, 0.3) is 0 Å². The molecule has 0 heterocycles. The van der Waals surface area contributed by atoms with Crippen LogP contribution in [-0.4, -0.2) is 6.54 Å². The number of benzene rings is 2. The van der Waals surface area contributed by atoms with Crippen LogP contribution in [0.2, 0.25) is 0 Å². The van der Waals surface area contributed by atoms with E-state index in [2.05, 4.69) is 75.5 Å². The van der Waals surface area contributed by atoms with Crippen molar-refractivity contribution in [1.82, 2.24) is 5.32 Å². The van der Waals surface area contributed by atoms with Gasteiger partial charge in [0.2, 0.25) is 0 Å². The fourth-order valence-electron chi connectivity index (χ4n) is 2.71. The summed E-state index contributed by atoms with van der Waals surface area (Å²) in [6.07, 6.45) is 2.14. The predicted molar refractivity (Wildman–Crippen MR) is 91.9 cm³/mol. The lowest BCUT2D eigenvalue weighted by Gasteiger charge is -2.19. The molecule has 0 aliphatic heterocycles. The predicted octanol–water partition coefficient (Wildman–Crippen LogP) is 4.76. The van der Waals surface area contributed by atoms with Crippen molar-refractivity contribution in [2.45, 2.75) is 46.6 Å². The number of hydrogen-bond donors (Lipinski definition) is 1. The fourth-order valence-corrected chi connectivity index (χ4v) is 2.71. The molecule has 1 heteroatoms. The summed E-state index contributed by atoms with van der Waals surface area (Å²) < 4.78 is 0. The second-order valence-corrected chi connectivity index (χ2v) is 5.83. The SMILES string of the molecule is CCNC(Cc1ccc(C)c(C)c1)c1ccc(CC)cc1. The molecule has 2 rings (SSSR count). The standard InChI is InChI=1S/C20H27N/c1-5-17-9-11-19(12-10-17)20(21-6-2)14-18-8-7-15(3)16(4)13-18/h7-13,20-21H,5-6,14H2,1-4H3. The Morgan fingerprint density at radius 2 is 1.52 bits per heavy atom. The molecule has 21 heavy (non-hydrogen) atoms. The van der Waals surface area contributed by atoms with Crippen molar-refractivity contribution >= 4 is 0 Å². The molecule has 1 nitrogen and oxygen atoms in total. The summed E-state index contributed by atoms with van der Waals surface area (Å²) in [7, 11) is 0. The van der Waals surface area contributed by atoms with Crippen molar-refractivity contribution < 1.29 is 0 Å². The summed E-state index contributed by atoms with van der Waals surface area (Å²) in [6.45, 7) is 9.73. The van der Waals surface area contributed by atoms with Gasteiger partial charge in [0.1, 0.15) is 0 Å². The highest BCUT2D eigenvalue weighted by Gasteiger charge is 2.11. The number of likely N-dealkylation sites (N-methyl/N-ethyl adjacent to an activating group) is 1. The summed E-state index contributed by atoms with van der Waals surface area (Å²) in [5.74, 6) is 0. The Bertz CT molecular complexity index is 569. The minimum absolute atomic E-state index is 0.392. The zero-order valence-electron chi connectivity index (χ0n) is 13.7. The number of nitrogens with one attached hydrogen (secondary N) is 1. The van der Waals surface area contributed by atoms with Gasteiger partial charge in [-0.3, -0.25) is 0 Å². The summed E-state index contributed by atoms with van der Waals surface area (Å²) in [5, 5.41) is 3.62. The van der Waals surface area contributed by atoms with E-state index in [0.29, 0.717) is 6.04 Å². The Morgan fingerprint density at radius 3 is 2.10 bits per heavy atom. The van der Waals surface area contributed by atoms with Gasteiger partial charge >= 0.3 is 0 Å². The molecule has 1 unspecified atom stereocenters. The van der Waals surface area contributed by atoms with Crippen molar-refractivity contribution in [3.63, 3.8) is 0 Å². The Morgan fingerprint density at radius 1 is 0.857 bits per heavy atom. The van der Waals surface area contributed by atoms with E-state index in [4.69, 9.17) is 0 Å². The molecule has 1 atom stereocenters. The van der Waals surface area contributed by atoms with Crippen molar-refractivity contribution in [2.24, 2.45) is 0 Å². The second kappa shape index (κ2) is 7.42. The third kappa shape index (κ3) is 4.18. The van der Waals surface area contributed by atoms with E-state index in [1.54, 1.807) is 0 Å².